The van der Waals surface area contributed by atoms with Gasteiger partial charge in [0.2, 0.25) is 0 Å². The monoisotopic (exact) mass is 310 g/mol. The molecule has 0 aliphatic heterocycles. The van der Waals surface area contributed by atoms with Crippen LogP contribution in [-0.4, -0.2) is 34.4 Å². The van der Waals surface area contributed by atoms with E-state index in [1.807, 2.05) is 19.1 Å². The molecule has 0 spiro atoms. The van der Waals surface area contributed by atoms with Gasteiger partial charge in [0.15, 0.2) is 0 Å². The number of hydrogen-bond acceptors (Lipinski definition) is 5. The Balaban J connectivity index is 2.07. The van der Waals surface area contributed by atoms with Crippen LogP contribution in [0.25, 0.3) is 0 Å². The van der Waals surface area contributed by atoms with E-state index in [4.69, 9.17) is 11.6 Å². The summed E-state index contributed by atoms with van der Waals surface area (Å²) in [6.07, 6.45) is 3.07. The van der Waals surface area contributed by atoms with Crippen molar-refractivity contribution in [2.45, 2.75) is 13.5 Å². The highest BCUT2D eigenvalue weighted by molar-refractivity contribution is 7.16. The molecule has 106 valence electrons. The first kappa shape index (κ1) is 14.7. The molecule has 2 aromatic rings. The molecule has 0 aromatic carbocycles. The van der Waals surface area contributed by atoms with Gasteiger partial charge in [-0.3, -0.25) is 9.78 Å². The number of amides is 1. The molecule has 5 nitrogen and oxygen atoms in total. The first-order chi connectivity index (χ1) is 9.60. The molecular formula is C13H15ClN4OS. The molecule has 2 aromatic heterocycles. The number of halogens is 1. The summed E-state index contributed by atoms with van der Waals surface area (Å²) in [5.74, 6) is 0.438. The summed E-state index contributed by atoms with van der Waals surface area (Å²) in [6.45, 7) is 3.20. The quantitative estimate of drug-likeness (QED) is 0.922. The van der Waals surface area contributed by atoms with E-state index in [1.54, 1.807) is 18.1 Å². The Kier molecular flexibility index (Phi) is 4.92. The summed E-state index contributed by atoms with van der Waals surface area (Å²) in [4.78, 5) is 23.2. The summed E-state index contributed by atoms with van der Waals surface area (Å²) in [5, 5.41) is 3.03. The highest BCUT2D eigenvalue weighted by Crippen LogP contribution is 2.22. The number of carbonyl (C=O) groups is 1. The fourth-order valence-electron chi connectivity index (χ4n) is 1.67. The van der Waals surface area contributed by atoms with Crippen molar-refractivity contribution in [3.8, 4) is 0 Å². The largest absolute Gasteiger partial charge is 0.369 e. The second-order valence-electron chi connectivity index (χ2n) is 4.19. The van der Waals surface area contributed by atoms with Crippen LogP contribution in [-0.2, 0) is 6.54 Å². The number of hydrogen-bond donors (Lipinski definition) is 1. The molecule has 0 saturated carbocycles. The van der Waals surface area contributed by atoms with Crippen LogP contribution in [0.1, 0.15) is 22.3 Å². The zero-order valence-electron chi connectivity index (χ0n) is 11.3. The van der Waals surface area contributed by atoms with Crippen molar-refractivity contribution in [3.05, 3.63) is 39.4 Å². The van der Waals surface area contributed by atoms with Crippen LogP contribution >= 0.6 is 22.9 Å². The second kappa shape index (κ2) is 6.67. The van der Waals surface area contributed by atoms with Gasteiger partial charge >= 0.3 is 0 Å². The minimum atomic E-state index is -0.165. The number of rotatable bonds is 5. The molecule has 0 bridgehead atoms. The molecule has 0 atom stereocenters. The number of nitrogens with one attached hydrogen (secondary N) is 1. The van der Waals surface area contributed by atoms with E-state index in [0.717, 1.165) is 15.8 Å². The standard InChI is InChI=1S/C13H15ClN4OS/c1-3-16-12-7-15-6-10(17-12)13(19)18(2)8-9-4-5-11(14)20-9/h4-7H,3,8H2,1-2H3,(H,16,17). The van der Waals surface area contributed by atoms with Crippen LogP contribution in [0.4, 0.5) is 5.82 Å². The predicted octanol–water partition coefficient (Wildman–Crippen LogP) is 2.90. The highest BCUT2D eigenvalue weighted by atomic mass is 35.5. The number of thiophene rings is 1. The lowest BCUT2D eigenvalue weighted by Gasteiger charge is -2.15. The lowest BCUT2D eigenvalue weighted by molar-refractivity contribution is 0.0780. The van der Waals surface area contributed by atoms with E-state index in [9.17, 15) is 4.79 Å². The molecule has 1 N–H and O–H groups in total. The van der Waals surface area contributed by atoms with E-state index in [0.29, 0.717) is 18.1 Å². The van der Waals surface area contributed by atoms with Crippen molar-refractivity contribution < 1.29 is 4.79 Å². The third kappa shape index (κ3) is 3.68. The molecule has 2 heterocycles. The van der Waals surface area contributed by atoms with Gasteiger partial charge in [-0.1, -0.05) is 11.6 Å². The maximum atomic E-state index is 12.3. The average molecular weight is 311 g/mol. The van der Waals surface area contributed by atoms with E-state index in [1.165, 1.54) is 17.5 Å². The molecule has 1 amide bonds. The second-order valence-corrected chi connectivity index (χ2v) is 5.99. The Bertz CT molecular complexity index is 602. The molecule has 0 aliphatic rings. The van der Waals surface area contributed by atoms with Crippen LogP contribution in [0, 0.1) is 0 Å². The lowest BCUT2D eigenvalue weighted by atomic mass is 10.3. The summed E-state index contributed by atoms with van der Waals surface area (Å²) in [5.41, 5.74) is 0.327. The fraction of sp³-hybridized carbons (Fsp3) is 0.308. The normalized spacial score (nSPS) is 10.3. The van der Waals surface area contributed by atoms with Crippen LogP contribution in [0.3, 0.4) is 0 Å². The maximum Gasteiger partial charge on any atom is 0.274 e. The Morgan fingerprint density at radius 2 is 2.25 bits per heavy atom. The third-order valence-corrected chi connectivity index (χ3v) is 3.80. The van der Waals surface area contributed by atoms with Gasteiger partial charge in [-0.05, 0) is 19.1 Å². The molecule has 2 rings (SSSR count). The highest BCUT2D eigenvalue weighted by Gasteiger charge is 2.15. The maximum absolute atomic E-state index is 12.3. The van der Waals surface area contributed by atoms with Gasteiger partial charge in [-0.2, -0.15) is 0 Å². The Labute approximate surface area is 126 Å². The number of aromatic nitrogens is 2. The van der Waals surface area contributed by atoms with Gasteiger partial charge in [-0.15, -0.1) is 11.3 Å². The minimum Gasteiger partial charge on any atom is -0.369 e. The van der Waals surface area contributed by atoms with Gasteiger partial charge in [0.1, 0.15) is 11.5 Å². The fourth-order valence-corrected chi connectivity index (χ4v) is 2.81. The molecule has 0 unspecified atom stereocenters. The van der Waals surface area contributed by atoms with Crippen molar-refractivity contribution in [1.29, 1.82) is 0 Å². The predicted molar refractivity (Wildman–Crippen MR) is 81.3 cm³/mol. The zero-order chi connectivity index (χ0) is 14.5. The zero-order valence-corrected chi connectivity index (χ0v) is 12.8. The van der Waals surface area contributed by atoms with Crippen molar-refractivity contribution >= 4 is 34.7 Å². The van der Waals surface area contributed by atoms with Gasteiger partial charge in [-0.25, -0.2) is 4.98 Å². The number of anilines is 1. The van der Waals surface area contributed by atoms with Crippen molar-refractivity contribution in [3.63, 3.8) is 0 Å². The van der Waals surface area contributed by atoms with E-state index in [-0.39, 0.29) is 5.91 Å². The first-order valence-electron chi connectivity index (χ1n) is 6.15. The SMILES string of the molecule is CCNc1cncc(C(=O)N(C)Cc2ccc(Cl)s2)n1. The summed E-state index contributed by atoms with van der Waals surface area (Å²) in [7, 11) is 1.73. The van der Waals surface area contributed by atoms with Crippen LogP contribution < -0.4 is 5.32 Å². The number of nitrogens with zero attached hydrogens (tertiary/aromatic N) is 3. The van der Waals surface area contributed by atoms with Crippen LogP contribution in [0.5, 0.6) is 0 Å². The first-order valence-corrected chi connectivity index (χ1v) is 7.35. The van der Waals surface area contributed by atoms with E-state index >= 15 is 0 Å². The molecule has 0 fully saturated rings. The van der Waals surface area contributed by atoms with Gasteiger partial charge in [0, 0.05) is 18.5 Å². The van der Waals surface area contributed by atoms with Gasteiger partial charge < -0.3 is 10.2 Å². The summed E-state index contributed by atoms with van der Waals surface area (Å²) >= 11 is 7.34. The number of carbonyl (C=O) groups excluding carboxylic acids is 1. The summed E-state index contributed by atoms with van der Waals surface area (Å²) in [6, 6.07) is 3.74. The Morgan fingerprint density at radius 1 is 1.45 bits per heavy atom. The van der Waals surface area contributed by atoms with Crippen LogP contribution in [0.15, 0.2) is 24.5 Å². The van der Waals surface area contributed by atoms with Gasteiger partial charge in [0.05, 0.1) is 23.3 Å². The average Bonchev–Trinajstić information content (AvgIpc) is 2.84. The smallest absolute Gasteiger partial charge is 0.274 e. The molecule has 0 radical (unpaired) electrons. The lowest BCUT2D eigenvalue weighted by Crippen LogP contribution is -2.27. The minimum absolute atomic E-state index is 0.165. The van der Waals surface area contributed by atoms with E-state index in [2.05, 4.69) is 15.3 Å². The van der Waals surface area contributed by atoms with Gasteiger partial charge in [0.25, 0.3) is 5.91 Å². The van der Waals surface area contributed by atoms with Crippen molar-refractivity contribution in [2.24, 2.45) is 0 Å². The molecular weight excluding hydrogens is 296 g/mol. The molecule has 7 heteroatoms. The Hall–Kier alpha value is -1.66. The molecule has 0 saturated heterocycles. The molecule has 0 aliphatic carbocycles. The Morgan fingerprint density at radius 3 is 2.90 bits per heavy atom. The topological polar surface area (TPSA) is 58.1 Å². The summed E-state index contributed by atoms with van der Waals surface area (Å²) < 4.78 is 0.717. The van der Waals surface area contributed by atoms with Crippen LogP contribution in [0.2, 0.25) is 4.34 Å². The van der Waals surface area contributed by atoms with Crippen molar-refractivity contribution in [1.82, 2.24) is 14.9 Å². The van der Waals surface area contributed by atoms with Crippen molar-refractivity contribution in [2.75, 3.05) is 18.9 Å². The van der Waals surface area contributed by atoms with E-state index < -0.39 is 0 Å². The third-order valence-electron chi connectivity index (χ3n) is 2.58. The molecule has 20 heavy (non-hydrogen) atoms.